The highest BCUT2D eigenvalue weighted by Crippen LogP contribution is 2.21. The number of hydrogen-bond acceptors (Lipinski definition) is 3. The normalized spacial score (nSPS) is 11.1. The van der Waals surface area contributed by atoms with Gasteiger partial charge in [-0.3, -0.25) is 10.1 Å². The number of carbonyl (C=O) groups is 2. The molecule has 5 heteroatoms. The molecule has 5 nitrogen and oxygen atoms in total. The van der Waals surface area contributed by atoms with E-state index in [-0.39, 0.29) is 6.42 Å². The van der Waals surface area contributed by atoms with E-state index in [1.807, 2.05) is 13.8 Å². The predicted molar refractivity (Wildman–Crippen MR) is 77.1 cm³/mol. The lowest BCUT2D eigenvalue weighted by molar-refractivity contribution is -0.136. The van der Waals surface area contributed by atoms with Crippen molar-refractivity contribution in [3.63, 3.8) is 0 Å². The molecule has 0 atom stereocenters. The van der Waals surface area contributed by atoms with Gasteiger partial charge in [0.25, 0.3) is 0 Å². The van der Waals surface area contributed by atoms with Gasteiger partial charge in [0.2, 0.25) is 0 Å². The Balaban J connectivity index is 2.89. The third-order valence-corrected chi connectivity index (χ3v) is 2.67. The van der Waals surface area contributed by atoms with Crippen molar-refractivity contribution < 1.29 is 19.4 Å². The minimum absolute atomic E-state index is 0.0234. The van der Waals surface area contributed by atoms with Crippen molar-refractivity contribution in [3.8, 4) is 0 Å². The summed E-state index contributed by atoms with van der Waals surface area (Å²) in [5.74, 6) is -0.871. The van der Waals surface area contributed by atoms with Gasteiger partial charge < -0.3 is 9.84 Å². The summed E-state index contributed by atoms with van der Waals surface area (Å²) >= 11 is 0. The summed E-state index contributed by atoms with van der Waals surface area (Å²) in [7, 11) is 0. The minimum Gasteiger partial charge on any atom is -0.481 e. The van der Waals surface area contributed by atoms with Crippen molar-refractivity contribution in [2.75, 3.05) is 5.32 Å². The van der Waals surface area contributed by atoms with Gasteiger partial charge in [0.1, 0.15) is 5.60 Å². The summed E-state index contributed by atoms with van der Waals surface area (Å²) in [4.78, 5) is 22.5. The maximum Gasteiger partial charge on any atom is 0.412 e. The lowest BCUT2D eigenvalue weighted by Crippen LogP contribution is -2.27. The Morgan fingerprint density at radius 3 is 2.10 bits per heavy atom. The number of hydrogen-bond donors (Lipinski definition) is 2. The first-order valence-corrected chi connectivity index (χ1v) is 6.40. The summed E-state index contributed by atoms with van der Waals surface area (Å²) in [5.41, 5.74) is 2.48. The van der Waals surface area contributed by atoms with Crippen LogP contribution < -0.4 is 5.32 Å². The molecule has 2 N–H and O–H groups in total. The quantitative estimate of drug-likeness (QED) is 0.890. The van der Waals surface area contributed by atoms with Crippen molar-refractivity contribution in [2.45, 2.75) is 46.6 Å². The molecule has 1 aromatic carbocycles. The van der Waals surface area contributed by atoms with Crippen LogP contribution in [0.3, 0.4) is 0 Å². The van der Waals surface area contributed by atoms with Crippen LogP contribution in [0.25, 0.3) is 0 Å². The van der Waals surface area contributed by atoms with Crippen molar-refractivity contribution in [3.05, 3.63) is 28.8 Å². The molecular weight excluding hydrogens is 258 g/mol. The third-order valence-electron chi connectivity index (χ3n) is 2.67. The van der Waals surface area contributed by atoms with Gasteiger partial charge in [-0.15, -0.1) is 0 Å². The summed E-state index contributed by atoms with van der Waals surface area (Å²) < 4.78 is 5.17. The van der Waals surface area contributed by atoms with E-state index in [0.29, 0.717) is 5.69 Å². The van der Waals surface area contributed by atoms with Gasteiger partial charge in [-0.25, -0.2) is 4.79 Å². The second-order valence-electron chi connectivity index (χ2n) is 5.79. The van der Waals surface area contributed by atoms with Gasteiger partial charge in [0.05, 0.1) is 6.42 Å². The number of aliphatic carboxylic acids is 1. The third kappa shape index (κ3) is 4.91. The van der Waals surface area contributed by atoms with Gasteiger partial charge in [0.15, 0.2) is 0 Å². The lowest BCUT2D eigenvalue weighted by Gasteiger charge is -2.20. The van der Waals surface area contributed by atoms with Crippen LogP contribution in [0.15, 0.2) is 12.1 Å². The number of carbonyl (C=O) groups excluding carboxylic acids is 1. The molecule has 1 aromatic rings. The summed E-state index contributed by atoms with van der Waals surface area (Å²) in [5, 5.41) is 11.5. The van der Waals surface area contributed by atoms with E-state index in [4.69, 9.17) is 9.84 Å². The number of rotatable bonds is 3. The lowest BCUT2D eigenvalue weighted by atomic mass is 9.99. The molecule has 20 heavy (non-hydrogen) atoms. The molecule has 0 aromatic heterocycles. The molecule has 0 heterocycles. The Hall–Kier alpha value is -2.04. The smallest absolute Gasteiger partial charge is 0.412 e. The topological polar surface area (TPSA) is 75.6 Å². The Morgan fingerprint density at radius 1 is 1.20 bits per heavy atom. The van der Waals surface area contributed by atoms with E-state index in [9.17, 15) is 9.59 Å². The highest BCUT2D eigenvalue weighted by molar-refractivity contribution is 5.85. The standard InChI is InChI=1S/C15H21NO4/c1-9-6-11(16-14(19)20-15(3,4)5)7-10(2)12(9)8-13(17)18/h6-7H,8H2,1-5H3,(H,16,19)(H,17,18). The minimum atomic E-state index is -0.871. The average molecular weight is 279 g/mol. The number of aryl methyl sites for hydroxylation is 2. The molecule has 0 bridgehead atoms. The van der Waals surface area contributed by atoms with Crippen LogP contribution in [0.2, 0.25) is 0 Å². The number of ether oxygens (including phenoxy) is 1. The Bertz CT molecular complexity index is 506. The molecule has 0 aliphatic heterocycles. The molecule has 0 unspecified atom stereocenters. The van der Waals surface area contributed by atoms with Crippen molar-refractivity contribution in [2.24, 2.45) is 0 Å². The van der Waals surface area contributed by atoms with Crippen LogP contribution in [-0.2, 0) is 16.0 Å². The van der Waals surface area contributed by atoms with Gasteiger partial charge in [0, 0.05) is 5.69 Å². The predicted octanol–water partition coefficient (Wildman–Crippen LogP) is 3.28. The molecule has 0 aliphatic rings. The monoisotopic (exact) mass is 279 g/mol. The summed E-state index contributed by atoms with van der Waals surface area (Å²) in [6.45, 7) is 9.02. The first kappa shape index (κ1) is 16.0. The van der Waals surface area contributed by atoms with E-state index >= 15 is 0 Å². The van der Waals surface area contributed by atoms with Crippen LogP contribution >= 0.6 is 0 Å². The van der Waals surface area contributed by atoms with E-state index in [2.05, 4.69) is 5.32 Å². The highest BCUT2D eigenvalue weighted by atomic mass is 16.6. The molecule has 0 radical (unpaired) electrons. The Labute approximate surface area is 118 Å². The van der Waals surface area contributed by atoms with Crippen LogP contribution in [0.1, 0.15) is 37.5 Å². The molecule has 0 spiro atoms. The Morgan fingerprint density at radius 2 is 1.70 bits per heavy atom. The number of carboxylic acid groups (broad SMARTS) is 1. The molecule has 0 saturated carbocycles. The average Bonchev–Trinajstić information content (AvgIpc) is 2.20. The first-order valence-electron chi connectivity index (χ1n) is 6.40. The van der Waals surface area contributed by atoms with Crippen LogP contribution in [-0.4, -0.2) is 22.8 Å². The number of amides is 1. The second-order valence-corrected chi connectivity index (χ2v) is 5.79. The molecule has 1 amide bonds. The van der Waals surface area contributed by atoms with Crippen molar-refractivity contribution >= 4 is 17.7 Å². The van der Waals surface area contributed by atoms with Gasteiger partial charge >= 0.3 is 12.1 Å². The fraction of sp³-hybridized carbons (Fsp3) is 0.467. The van der Waals surface area contributed by atoms with Crippen LogP contribution in [0, 0.1) is 13.8 Å². The highest BCUT2D eigenvalue weighted by Gasteiger charge is 2.17. The number of nitrogens with one attached hydrogen (secondary N) is 1. The molecule has 0 fully saturated rings. The molecule has 1 rings (SSSR count). The maximum absolute atomic E-state index is 11.7. The number of carboxylic acids is 1. The van der Waals surface area contributed by atoms with Crippen molar-refractivity contribution in [1.82, 2.24) is 0 Å². The number of anilines is 1. The second kappa shape index (κ2) is 5.94. The Kier molecular flexibility index (Phi) is 4.76. The van der Waals surface area contributed by atoms with E-state index in [0.717, 1.165) is 16.7 Å². The fourth-order valence-corrected chi connectivity index (χ4v) is 1.92. The van der Waals surface area contributed by atoms with Crippen molar-refractivity contribution in [1.29, 1.82) is 0 Å². The fourth-order valence-electron chi connectivity index (χ4n) is 1.92. The molecule has 110 valence electrons. The van der Waals surface area contributed by atoms with E-state index < -0.39 is 17.7 Å². The molecule has 0 aliphatic carbocycles. The van der Waals surface area contributed by atoms with Gasteiger partial charge in [-0.2, -0.15) is 0 Å². The molecule has 0 saturated heterocycles. The van der Waals surface area contributed by atoms with E-state index in [1.165, 1.54) is 0 Å². The van der Waals surface area contributed by atoms with E-state index in [1.54, 1.807) is 32.9 Å². The largest absolute Gasteiger partial charge is 0.481 e. The first-order chi connectivity index (χ1) is 9.08. The zero-order valence-corrected chi connectivity index (χ0v) is 12.5. The zero-order chi connectivity index (χ0) is 15.5. The van der Waals surface area contributed by atoms with Gasteiger partial charge in [-0.05, 0) is 63.4 Å². The number of benzene rings is 1. The summed E-state index contributed by atoms with van der Waals surface area (Å²) in [6.07, 6.45) is -0.549. The SMILES string of the molecule is Cc1cc(NC(=O)OC(C)(C)C)cc(C)c1CC(=O)O. The summed E-state index contributed by atoms with van der Waals surface area (Å²) in [6, 6.07) is 3.49. The zero-order valence-electron chi connectivity index (χ0n) is 12.5. The van der Waals surface area contributed by atoms with Crippen LogP contribution in [0.5, 0.6) is 0 Å². The maximum atomic E-state index is 11.7. The molecular formula is C15H21NO4. The van der Waals surface area contributed by atoms with Crippen LogP contribution in [0.4, 0.5) is 10.5 Å². The van der Waals surface area contributed by atoms with Gasteiger partial charge in [-0.1, -0.05) is 0 Å².